The van der Waals surface area contributed by atoms with Gasteiger partial charge in [-0.3, -0.25) is 0 Å². The summed E-state index contributed by atoms with van der Waals surface area (Å²) in [6.07, 6.45) is 7.92. The summed E-state index contributed by atoms with van der Waals surface area (Å²) < 4.78 is 0. The highest BCUT2D eigenvalue weighted by Gasteiger charge is 2.55. The molecule has 0 aromatic carbocycles. The molecule has 2 atom stereocenters. The molecule has 4 N–H and O–H groups in total. The van der Waals surface area contributed by atoms with Crippen LogP contribution in [0.25, 0.3) is 0 Å². The molecule has 4 fully saturated rings. The van der Waals surface area contributed by atoms with E-state index in [-0.39, 0.29) is 5.54 Å². The zero-order valence-corrected chi connectivity index (χ0v) is 9.50. The topological polar surface area (TPSA) is 64.4 Å². The first kappa shape index (κ1) is 9.49. The van der Waals surface area contributed by atoms with Gasteiger partial charge in [-0.1, -0.05) is 6.92 Å². The van der Waals surface area contributed by atoms with Crippen LogP contribution in [0.1, 0.15) is 45.4 Å². The molecule has 0 amide bonds. The van der Waals surface area contributed by atoms with Crippen molar-refractivity contribution in [3.05, 3.63) is 0 Å². The molecule has 0 heterocycles. The summed E-state index contributed by atoms with van der Waals surface area (Å²) in [5, 5.41) is 0. The molecule has 2 unspecified atom stereocenters. The van der Waals surface area contributed by atoms with Gasteiger partial charge in [-0.2, -0.15) is 0 Å². The molecule has 15 heavy (non-hydrogen) atoms. The van der Waals surface area contributed by atoms with Crippen molar-refractivity contribution in [2.24, 2.45) is 33.7 Å². The van der Waals surface area contributed by atoms with E-state index in [1.807, 2.05) is 0 Å². The highest BCUT2D eigenvalue weighted by Crippen LogP contribution is 2.62. The van der Waals surface area contributed by atoms with Crippen molar-refractivity contribution in [2.45, 2.75) is 51.0 Å². The van der Waals surface area contributed by atoms with Crippen LogP contribution >= 0.6 is 0 Å². The molecule has 0 aromatic heterocycles. The molecule has 0 saturated heterocycles. The largest absolute Gasteiger partial charge is 0.370 e. The van der Waals surface area contributed by atoms with Gasteiger partial charge >= 0.3 is 0 Å². The van der Waals surface area contributed by atoms with Gasteiger partial charge in [-0.25, -0.2) is 4.99 Å². The van der Waals surface area contributed by atoms with E-state index in [1.54, 1.807) is 0 Å². The molecular formula is C12H21N3. The van der Waals surface area contributed by atoms with Crippen LogP contribution in [0.15, 0.2) is 4.99 Å². The molecule has 0 radical (unpaired) electrons. The second-order valence-corrected chi connectivity index (χ2v) is 6.53. The molecular weight excluding hydrogens is 186 g/mol. The van der Waals surface area contributed by atoms with Crippen LogP contribution < -0.4 is 11.5 Å². The Balaban J connectivity index is 1.96. The summed E-state index contributed by atoms with van der Waals surface area (Å²) >= 11 is 0. The maximum absolute atomic E-state index is 5.58. The normalized spacial score (nSPS) is 51.8. The Morgan fingerprint density at radius 2 is 1.73 bits per heavy atom. The Kier molecular flexibility index (Phi) is 1.70. The summed E-state index contributed by atoms with van der Waals surface area (Å²) in [4.78, 5) is 4.59. The molecule has 0 aromatic rings. The summed E-state index contributed by atoms with van der Waals surface area (Å²) in [6.45, 7) is 2.43. The van der Waals surface area contributed by atoms with Crippen LogP contribution in [0.5, 0.6) is 0 Å². The van der Waals surface area contributed by atoms with Crippen molar-refractivity contribution in [1.82, 2.24) is 0 Å². The third-order valence-electron chi connectivity index (χ3n) is 4.69. The minimum atomic E-state index is 0.123. The van der Waals surface area contributed by atoms with Gasteiger partial charge in [0, 0.05) is 0 Å². The van der Waals surface area contributed by atoms with E-state index in [1.165, 1.54) is 38.5 Å². The first-order valence-corrected chi connectivity index (χ1v) is 6.10. The maximum Gasteiger partial charge on any atom is 0.186 e. The second kappa shape index (κ2) is 2.69. The van der Waals surface area contributed by atoms with Crippen molar-refractivity contribution in [3.8, 4) is 0 Å². The van der Waals surface area contributed by atoms with Gasteiger partial charge in [0.2, 0.25) is 0 Å². The lowest BCUT2D eigenvalue weighted by molar-refractivity contribution is -0.0553. The van der Waals surface area contributed by atoms with Gasteiger partial charge in [-0.05, 0) is 55.8 Å². The molecule has 4 bridgehead atoms. The fourth-order valence-electron chi connectivity index (χ4n) is 5.07. The Hall–Kier alpha value is -0.730. The monoisotopic (exact) mass is 207 g/mol. The van der Waals surface area contributed by atoms with Gasteiger partial charge < -0.3 is 11.5 Å². The zero-order valence-electron chi connectivity index (χ0n) is 9.50. The SMILES string of the molecule is CC12CC3CC(C1)CC(N=C(N)N)(C3)C2. The lowest BCUT2D eigenvalue weighted by Crippen LogP contribution is -2.54. The first-order chi connectivity index (χ1) is 6.99. The van der Waals surface area contributed by atoms with Gasteiger partial charge in [0.1, 0.15) is 0 Å². The fourth-order valence-corrected chi connectivity index (χ4v) is 5.07. The van der Waals surface area contributed by atoms with Crippen LogP contribution in [-0.4, -0.2) is 11.5 Å². The van der Waals surface area contributed by atoms with E-state index in [4.69, 9.17) is 11.5 Å². The average Bonchev–Trinajstić information content (AvgIpc) is 1.94. The smallest absolute Gasteiger partial charge is 0.186 e. The fraction of sp³-hybridized carbons (Fsp3) is 0.917. The highest BCUT2D eigenvalue weighted by molar-refractivity contribution is 5.76. The first-order valence-electron chi connectivity index (χ1n) is 6.10. The van der Waals surface area contributed by atoms with E-state index in [9.17, 15) is 0 Å². The highest BCUT2D eigenvalue weighted by atomic mass is 15.0. The molecule has 0 aliphatic heterocycles. The zero-order chi connectivity index (χ0) is 10.7. The van der Waals surface area contributed by atoms with E-state index < -0.39 is 0 Å². The predicted molar refractivity (Wildman–Crippen MR) is 61.3 cm³/mol. The van der Waals surface area contributed by atoms with Crippen LogP contribution in [0.4, 0.5) is 0 Å². The van der Waals surface area contributed by atoms with Crippen LogP contribution in [0.3, 0.4) is 0 Å². The van der Waals surface area contributed by atoms with Crippen LogP contribution in [0.2, 0.25) is 0 Å². The summed E-state index contributed by atoms with van der Waals surface area (Å²) in [6, 6.07) is 0. The van der Waals surface area contributed by atoms with Gasteiger partial charge in [0.05, 0.1) is 5.54 Å². The Morgan fingerprint density at radius 1 is 1.13 bits per heavy atom. The van der Waals surface area contributed by atoms with E-state index in [2.05, 4.69) is 11.9 Å². The van der Waals surface area contributed by atoms with Crippen molar-refractivity contribution in [1.29, 1.82) is 0 Å². The number of rotatable bonds is 1. The molecule has 84 valence electrons. The van der Waals surface area contributed by atoms with Crippen LogP contribution in [0, 0.1) is 17.3 Å². The predicted octanol–water partition coefficient (Wildman–Crippen LogP) is 1.62. The van der Waals surface area contributed by atoms with Crippen molar-refractivity contribution < 1.29 is 0 Å². The molecule has 3 nitrogen and oxygen atoms in total. The molecule has 3 heteroatoms. The molecule has 4 aliphatic carbocycles. The number of nitrogens with zero attached hydrogens (tertiary/aromatic N) is 1. The summed E-state index contributed by atoms with van der Waals surface area (Å²) in [7, 11) is 0. The minimum Gasteiger partial charge on any atom is -0.370 e. The van der Waals surface area contributed by atoms with E-state index in [0.717, 1.165) is 11.8 Å². The number of guanidine groups is 1. The lowest BCUT2D eigenvalue weighted by atomic mass is 9.47. The molecule has 4 saturated carbocycles. The second-order valence-electron chi connectivity index (χ2n) is 6.53. The van der Waals surface area contributed by atoms with Crippen molar-refractivity contribution >= 4 is 5.96 Å². The van der Waals surface area contributed by atoms with Crippen LogP contribution in [-0.2, 0) is 0 Å². The third kappa shape index (κ3) is 1.44. The van der Waals surface area contributed by atoms with Crippen molar-refractivity contribution in [2.75, 3.05) is 0 Å². The number of hydrogen-bond acceptors (Lipinski definition) is 1. The quantitative estimate of drug-likeness (QED) is 0.507. The minimum absolute atomic E-state index is 0.123. The maximum atomic E-state index is 5.58. The number of aliphatic imine (C=N–C) groups is 1. The Morgan fingerprint density at radius 3 is 2.20 bits per heavy atom. The number of nitrogens with two attached hydrogens (primary N) is 2. The number of hydrogen-bond donors (Lipinski definition) is 2. The summed E-state index contributed by atoms with van der Waals surface area (Å²) in [5.74, 6) is 2.07. The van der Waals surface area contributed by atoms with E-state index in [0.29, 0.717) is 11.4 Å². The van der Waals surface area contributed by atoms with Gasteiger partial charge in [0.15, 0.2) is 5.96 Å². The molecule has 4 aliphatic rings. The van der Waals surface area contributed by atoms with E-state index >= 15 is 0 Å². The van der Waals surface area contributed by atoms with Crippen molar-refractivity contribution in [3.63, 3.8) is 0 Å². The molecule has 0 spiro atoms. The third-order valence-corrected chi connectivity index (χ3v) is 4.69. The molecule has 4 rings (SSSR count). The Labute approximate surface area is 91.3 Å². The lowest BCUT2D eigenvalue weighted by Gasteiger charge is -2.59. The Bertz CT molecular complexity index is 303. The average molecular weight is 207 g/mol. The summed E-state index contributed by atoms with van der Waals surface area (Å²) in [5.41, 5.74) is 11.8. The van der Waals surface area contributed by atoms with Gasteiger partial charge in [-0.15, -0.1) is 0 Å². The standard InChI is InChI=1S/C12H21N3/c1-11-3-8-2-9(4-11)6-12(5-8,7-11)15-10(13)14/h8-9H,2-7H2,1H3,(H4,13,14,15). The van der Waals surface area contributed by atoms with Gasteiger partial charge in [0.25, 0.3) is 0 Å².